The number of rotatable bonds is 3. The molecule has 1 heterocycles. The van der Waals surface area contributed by atoms with E-state index in [1.54, 1.807) is 26.8 Å². The summed E-state index contributed by atoms with van der Waals surface area (Å²) in [6.07, 6.45) is 0. The van der Waals surface area contributed by atoms with Gasteiger partial charge in [0.05, 0.1) is 0 Å². The van der Waals surface area contributed by atoms with E-state index < -0.39 is 15.9 Å². The summed E-state index contributed by atoms with van der Waals surface area (Å²) in [5.74, 6) is -0.778. The van der Waals surface area contributed by atoms with Crippen LogP contribution in [0.5, 0.6) is 5.75 Å². The van der Waals surface area contributed by atoms with Crippen molar-refractivity contribution in [2.75, 3.05) is 0 Å². The van der Waals surface area contributed by atoms with Gasteiger partial charge < -0.3 is 10.8 Å². The number of primary amides is 1. The van der Waals surface area contributed by atoms with Crippen molar-refractivity contribution in [1.82, 2.24) is 0 Å². The first-order valence-corrected chi connectivity index (χ1v) is 8.72. The number of amides is 1. The quantitative estimate of drug-likeness (QED) is 0.788. The first kappa shape index (κ1) is 16.5. The van der Waals surface area contributed by atoms with E-state index >= 15 is 0 Å². The molecule has 0 aliphatic heterocycles. The molecule has 0 bridgehead atoms. The monoisotopic (exact) mass is 340 g/mol. The largest absolute Gasteiger partial charge is 0.507 e. The SMILES string of the molecule is Cc1cc(C)c(-c2csc(C(N)=O)c2S(N)(=O)=O)c(C)c1O. The number of hydrogen-bond donors (Lipinski definition) is 3. The van der Waals surface area contributed by atoms with Crippen LogP contribution in [0.4, 0.5) is 0 Å². The predicted octanol–water partition coefficient (Wildman–Crippen LogP) is 1.79. The third-order valence-corrected chi connectivity index (χ3v) is 5.57. The van der Waals surface area contributed by atoms with Crippen LogP contribution in [0.3, 0.4) is 0 Å². The highest BCUT2D eigenvalue weighted by molar-refractivity contribution is 7.89. The molecule has 0 spiro atoms. The number of benzene rings is 1. The van der Waals surface area contributed by atoms with Gasteiger partial charge in [0.25, 0.3) is 5.91 Å². The molecule has 118 valence electrons. The number of carbonyl (C=O) groups excluding carboxylic acids is 1. The van der Waals surface area contributed by atoms with Gasteiger partial charge in [0.2, 0.25) is 10.0 Å². The normalized spacial score (nSPS) is 11.6. The van der Waals surface area contributed by atoms with Crippen LogP contribution in [-0.2, 0) is 10.0 Å². The van der Waals surface area contributed by atoms with Crippen molar-refractivity contribution in [3.8, 4) is 16.9 Å². The van der Waals surface area contributed by atoms with E-state index in [2.05, 4.69) is 0 Å². The first-order chi connectivity index (χ1) is 10.1. The third kappa shape index (κ3) is 2.60. The molecule has 0 fully saturated rings. The molecule has 5 N–H and O–H groups in total. The van der Waals surface area contributed by atoms with Crippen LogP contribution in [0, 0.1) is 20.8 Å². The fourth-order valence-electron chi connectivity index (χ4n) is 2.56. The molecular formula is C14H16N2O4S2. The molecule has 0 atom stereocenters. The van der Waals surface area contributed by atoms with Crippen molar-refractivity contribution in [3.63, 3.8) is 0 Å². The van der Waals surface area contributed by atoms with Crippen molar-refractivity contribution in [1.29, 1.82) is 0 Å². The zero-order valence-corrected chi connectivity index (χ0v) is 13.9. The van der Waals surface area contributed by atoms with E-state index in [1.165, 1.54) is 5.38 Å². The van der Waals surface area contributed by atoms with E-state index in [0.717, 1.165) is 16.9 Å². The lowest BCUT2D eigenvalue weighted by Crippen LogP contribution is -2.19. The number of sulfonamides is 1. The highest BCUT2D eigenvalue weighted by atomic mass is 32.2. The van der Waals surface area contributed by atoms with Crippen LogP contribution in [-0.4, -0.2) is 19.4 Å². The standard InChI is InChI=1S/C14H16N2O4S2/c1-6-4-7(2)11(17)8(3)10(6)9-5-21-12(14(15)18)13(9)22(16,19)20/h4-5,17H,1-3H3,(H2,15,18)(H2,16,19,20). The Hall–Kier alpha value is -1.90. The Morgan fingerprint density at radius 3 is 2.32 bits per heavy atom. The molecular weight excluding hydrogens is 324 g/mol. The molecule has 0 saturated carbocycles. The molecule has 2 rings (SSSR count). The van der Waals surface area contributed by atoms with Gasteiger partial charge in [0.1, 0.15) is 15.5 Å². The summed E-state index contributed by atoms with van der Waals surface area (Å²) in [6, 6.07) is 1.74. The molecule has 0 saturated heterocycles. The van der Waals surface area contributed by atoms with Crippen LogP contribution >= 0.6 is 11.3 Å². The fraction of sp³-hybridized carbons (Fsp3) is 0.214. The Morgan fingerprint density at radius 2 is 1.82 bits per heavy atom. The Morgan fingerprint density at radius 1 is 1.23 bits per heavy atom. The number of phenolic OH excluding ortho intramolecular Hbond substituents is 1. The fourth-order valence-corrected chi connectivity index (χ4v) is 4.76. The summed E-state index contributed by atoms with van der Waals surface area (Å²) < 4.78 is 23.8. The highest BCUT2D eigenvalue weighted by Crippen LogP contribution is 2.41. The molecule has 8 heteroatoms. The summed E-state index contributed by atoms with van der Waals surface area (Å²) in [5, 5.41) is 16.9. The van der Waals surface area contributed by atoms with Crippen molar-refractivity contribution < 1.29 is 18.3 Å². The number of aromatic hydroxyl groups is 1. The maximum atomic E-state index is 11.9. The molecule has 22 heavy (non-hydrogen) atoms. The van der Waals surface area contributed by atoms with E-state index in [0.29, 0.717) is 16.7 Å². The molecule has 6 nitrogen and oxygen atoms in total. The van der Waals surface area contributed by atoms with Crippen LogP contribution in [0.2, 0.25) is 0 Å². The first-order valence-electron chi connectivity index (χ1n) is 6.30. The Balaban J connectivity index is 2.92. The molecule has 1 aromatic heterocycles. The number of nitrogens with two attached hydrogens (primary N) is 2. The van der Waals surface area contributed by atoms with E-state index in [4.69, 9.17) is 10.9 Å². The Labute approximate surface area is 132 Å². The van der Waals surface area contributed by atoms with Gasteiger partial charge >= 0.3 is 0 Å². The van der Waals surface area contributed by atoms with Gasteiger partial charge in [-0.3, -0.25) is 4.79 Å². The molecule has 0 aliphatic rings. The molecule has 1 amide bonds. The second kappa shape index (κ2) is 5.38. The zero-order chi connectivity index (χ0) is 16.8. The van der Waals surface area contributed by atoms with Gasteiger partial charge in [-0.25, -0.2) is 13.6 Å². The summed E-state index contributed by atoms with van der Waals surface area (Å²) in [4.78, 5) is 11.1. The van der Waals surface area contributed by atoms with Gasteiger partial charge in [0.15, 0.2) is 0 Å². The minimum atomic E-state index is -4.14. The van der Waals surface area contributed by atoms with E-state index in [9.17, 15) is 18.3 Å². The summed E-state index contributed by atoms with van der Waals surface area (Å²) in [5.41, 5.74) is 8.03. The Kier molecular flexibility index (Phi) is 4.03. The number of aryl methyl sites for hydroxylation is 2. The number of primary sulfonamides is 1. The average molecular weight is 340 g/mol. The smallest absolute Gasteiger partial charge is 0.260 e. The lowest BCUT2D eigenvalue weighted by atomic mass is 9.94. The maximum absolute atomic E-state index is 11.9. The minimum absolute atomic E-state index is 0.0767. The second-order valence-corrected chi connectivity index (χ2v) is 7.45. The van der Waals surface area contributed by atoms with Crippen LogP contribution in [0.15, 0.2) is 16.3 Å². The predicted molar refractivity (Wildman–Crippen MR) is 85.5 cm³/mol. The highest BCUT2D eigenvalue weighted by Gasteiger charge is 2.27. The van der Waals surface area contributed by atoms with Crippen LogP contribution < -0.4 is 10.9 Å². The summed E-state index contributed by atoms with van der Waals surface area (Å²) in [7, 11) is -4.14. The topological polar surface area (TPSA) is 123 Å². The van der Waals surface area contributed by atoms with Gasteiger partial charge in [0, 0.05) is 10.9 Å². The molecule has 1 aromatic carbocycles. The van der Waals surface area contributed by atoms with Crippen molar-refractivity contribution in [3.05, 3.63) is 33.0 Å². The molecule has 0 unspecified atom stereocenters. The van der Waals surface area contributed by atoms with Crippen LogP contribution in [0.25, 0.3) is 11.1 Å². The van der Waals surface area contributed by atoms with E-state index in [-0.39, 0.29) is 21.1 Å². The van der Waals surface area contributed by atoms with Gasteiger partial charge in [-0.1, -0.05) is 6.07 Å². The van der Waals surface area contributed by atoms with Gasteiger partial charge in [-0.05, 0) is 43.0 Å². The van der Waals surface area contributed by atoms with Gasteiger partial charge in [-0.15, -0.1) is 11.3 Å². The number of carbonyl (C=O) groups is 1. The summed E-state index contributed by atoms with van der Waals surface area (Å²) >= 11 is 0.918. The lowest BCUT2D eigenvalue weighted by molar-refractivity contribution is 0.100. The zero-order valence-electron chi connectivity index (χ0n) is 12.3. The van der Waals surface area contributed by atoms with Crippen molar-refractivity contribution in [2.45, 2.75) is 25.7 Å². The number of thiophene rings is 1. The van der Waals surface area contributed by atoms with Crippen molar-refractivity contribution >= 4 is 27.3 Å². The Bertz CT molecular complexity index is 883. The molecule has 0 aliphatic carbocycles. The maximum Gasteiger partial charge on any atom is 0.260 e. The average Bonchev–Trinajstić information content (AvgIpc) is 2.81. The number of hydrogen-bond acceptors (Lipinski definition) is 5. The van der Waals surface area contributed by atoms with Crippen molar-refractivity contribution in [2.24, 2.45) is 10.9 Å². The number of phenols is 1. The summed E-state index contributed by atoms with van der Waals surface area (Å²) in [6.45, 7) is 5.23. The third-order valence-electron chi connectivity index (χ3n) is 3.45. The van der Waals surface area contributed by atoms with E-state index in [1.807, 2.05) is 0 Å². The lowest BCUT2D eigenvalue weighted by Gasteiger charge is -2.14. The minimum Gasteiger partial charge on any atom is -0.507 e. The molecule has 0 radical (unpaired) electrons. The second-order valence-electron chi connectivity index (χ2n) is 5.08. The van der Waals surface area contributed by atoms with Crippen LogP contribution in [0.1, 0.15) is 26.4 Å². The van der Waals surface area contributed by atoms with Gasteiger partial charge in [-0.2, -0.15) is 0 Å². The molecule has 2 aromatic rings.